The monoisotopic (exact) mass is 335 g/mol. The summed E-state index contributed by atoms with van der Waals surface area (Å²) in [6.07, 6.45) is 3.59. The van der Waals surface area contributed by atoms with Crippen LogP contribution in [0.1, 0.15) is 25.7 Å². The van der Waals surface area contributed by atoms with E-state index in [9.17, 15) is 18.0 Å². The SMILES string of the molecule is COC(=O)CCCNC(=O)CN1CCC[C@H](NS(C)(=O)=O)C1. The van der Waals surface area contributed by atoms with Gasteiger partial charge in [-0.2, -0.15) is 0 Å². The summed E-state index contributed by atoms with van der Waals surface area (Å²) in [7, 11) is -1.89. The molecule has 1 atom stereocenters. The van der Waals surface area contributed by atoms with E-state index < -0.39 is 10.0 Å². The van der Waals surface area contributed by atoms with Gasteiger partial charge in [0.1, 0.15) is 0 Å². The fourth-order valence-electron chi connectivity index (χ4n) is 2.42. The molecule has 0 aromatic heterocycles. The van der Waals surface area contributed by atoms with Gasteiger partial charge in [-0.25, -0.2) is 13.1 Å². The van der Waals surface area contributed by atoms with E-state index in [0.717, 1.165) is 25.6 Å². The first kappa shape index (κ1) is 18.9. The van der Waals surface area contributed by atoms with Gasteiger partial charge in [0.15, 0.2) is 0 Å². The lowest BCUT2D eigenvalue weighted by molar-refractivity contribution is -0.140. The van der Waals surface area contributed by atoms with Gasteiger partial charge in [-0.05, 0) is 25.8 Å². The molecule has 8 nitrogen and oxygen atoms in total. The standard InChI is InChI=1S/C13H25N3O5S/c1-21-13(18)6-3-7-14-12(17)10-16-8-4-5-11(9-16)15-22(2,19)20/h11,15H,3-10H2,1-2H3,(H,14,17)/t11-/m0/s1. The molecular formula is C13H25N3O5S. The first-order valence-corrected chi connectivity index (χ1v) is 9.22. The molecule has 0 unspecified atom stereocenters. The quantitative estimate of drug-likeness (QED) is 0.439. The minimum Gasteiger partial charge on any atom is -0.469 e. The second kappa shape index (κ2) is 9.06. The van der Waals surface area contributed by atoms with Crippen LogP contribution in [0.25, 0.3) is 0 Å². The van der Waals surface area contributed by atoms with E-state index in [1.807, 2.05) is 4.90 Å². The highest BCUT2D eigenvalue weighted by molar-refractivity contribution is 7.88. The molecular weight excluding hydrogens is 310 g/mol. The Balaban J connectivity index is 2.24. The Morgan fingerprint density at radius 2 is 2.09 bits per heavy atom. The van der Waals surface area contributed by atoms with E-state index in [-0.39, 0.29) is 30.9 Å². The highest BCUT2D eigenvalue weighted by atomic mass is 32.2. The number of amides is 1. The molecule has 1 saturated heterocycles. The average molecular weight is 335 g/mol. The third-order valence-corrected chi connectivity index (χ3v) is 4.12. The molecule has 1 fully saturated rings. The zero-order valence-electron chi connectivity index (χ0n) is 13.1. The molecule has 22 heavy (non-hydrogen) atoms. The number of nitrogens with one attached hydrogen (secondary N) is 2. The van der Waals surface area contributed by atoms with Crippen molar-refractivity contribution < 1.29 is 22.7 Å². The Hall–Kier alpha value is -1.19. The van der Waals surface area contributed by atoms with Crippen LogP contribution in [0.4, 0.5) is 0 Å². The summed E-state index contributed by atoms with van der Waals surface area (Å²) in [6.45, 7) is 1.97. The van der Waals surface area contributed by atoms with E-state index in [0.29, 0.717) is 19.5 Å². The second-order valence-corrected chi connectivity index (χ2v) is 7.27. The van der Waals surface area contributed by atoms with Crippen LogP contribution in [-0.2, 0) is 24.3 Å². The number of ether oxygens (including phenoxy) is 1. The van der Waals surface area contributed by atoms with Crippen molar-refractivity contribution in [3.05, 3.63) is 0 Å². The molecule has 2 N–H and O–H groups in total. The predicted molar refractivity (Wildman–Crippen MR) is 81.7 cm³/mol. The van der Waals surface area contributed by atoms with Gasteiger partial charge in [0.05, 0.1) is 19.9 Å². The molecule has 1 amide bonds. The van der Waals surface area contributed by atoms with Crippen LogP contribution >= 0.6 is 0 Å². The Morgan fingerprint density at radius 1 is 1.36 bits per heavy atom. The van der Waals surface area contributed by atoms with Crippen molar-refractivity contribution in [1.82, 2.24) is 14.9 Å². The van der Waals surface area contributed by atoms with Crippen LogP contribution in [-0.4, -0.2) is 70.8 Å². The van der Waals surface area contributed by atoms with Crippen molar-refractivity contribution in [3.8, 4) is 0 Å². The Kier molecular flexibility index (Phi) is 7.77. The highest BCUT2D eigenvalue weighted by Gasteiger charge is 2.23. The second-order valence-electron chi connectivity index (χ2n) is 5.49. The Morgan fingerprint density at radius 3 is 2.73 bits per heavy atom. The largest absolute Gasteiger partial charge is 0.469 e. The summed E-state index contributed by atoms with van der Waals surface area (Å²) in [5.74, 6) is -0.412. The molecule has 1 aliphatic heterocycles. The molecule has 0 aromatic carbocycles. The molecule has 0 spiro atoms. The fourth-order valence-corrected chi connectivity index (χ4v) is 3.22. The first-order chi connectivity index (χ1) is 10.3. The number of carbonyl (C=O) groups excluding carboxylic acids is 2. The highest BCUT2D eigenvalue weighted by Crippen LogP contribution is 2.10. The molecule has 1 rings (SSSR count). The number of carbonyl (C=O) groups is 2. The van der Waals surface area contributed by atoms with Gasteiger partial charge in [-0.15, -0.1) is 0 Å². The molecule has 9 heteroatoms. The van der Waals surface area contributed by atoms with Gasteiger partial charge in [-0.1, -0.05) is 0 Å². The molecule has 0 aliphatic carbocycles. The minimum atomic E-state index is -3.22. The lowest BCUT2D eigenvalue weighted by atomic mass is 10.1. The summed E-state index contributed by atoms with van der Waals surface area (Å²) in [6, 6.07) is -0.143. The van der Waals surface area contributed by atoms with Crippen LogP contribution in [0.15, 0.2) is 0 Å². The van der Waals surface area contributed by atoms with E-state index in [4.69, 9.17) is 0 Å². The zero-order chi connectivity index (χ0) is 16.6. The van der Waals surface area contributed by atoms with Crippen LogP contribution in [0.2, 0.25) is 0 Å². The normalized spacial score (nSPS) is 19.6. The minimum absolute atomic E-state index is 0.120. The van der Waals surface area contributed by atoms with Crippen LogP contribution in [0.5, 0.6) is 0 Å². The maximum atomic E-state index is 11.8. The number of hydrogen-bond acceptors (Lipinski definition) is 6. The number of hydrogen-bond donors (Lipinski definition) is 2. The number of nitrogens with zero attached hydrogens (tertiary/aromatic N) is 1. The average Bonchev–Trinajstić information content (AvgIpc) is 2.41. The van der Waals surface area contributed by atoms with Crippen LogP contribution in [0.3, 0.4) is 0 Å². The van der Waals surface area contributed by atoms with Crippen LogP contribution in [0, 0.1) is 0 Å². The topological polar surface area (TPSA) is 105 Å². The molecule has 0 bridgehead atoms. The fraction of sp³-hybridized carbons (Fsp3) is 0.846. The van der Waals surface area contributed by atoms with Crippen molar-refractivity contribution in [2.45, 2.75) is 31.7 Å². The maximum absolute atomic E-state index is 11.8. The molecule has 128 valence electrons. The lowest BCUT2D eigenvalue weighted by Crippen LogP contribution is -2.50. The smallest absolute Gasteiger partial charge is 0.305 e. The summed E-state index contributed by atoms with van der Waals surface area (Å²) < 4.78 is 29.6. The number of esters is 1. The third-order valence-electron chi connectivity index (χ3n) is 3.36. The van der Waals surface area contributed by atoms with E-state index in [2.05, 4.69) is 14.8 Å². The number of likely N-dealkylation sites (tertiary alicyclic amines) is 1. The van der Waals surface area contributed by atoms with E-state index in [1.54, 1.807) is 0 Å². The predicted octanol–water partition coefficient (Wildman–Crippen LogP) is -0.931. The summed E-state index contributed by atoms with van der Waals surface area (Å²) >= 11 is 0. The van der Waals surface area contributed by atoms with Gasteiger partial charge >= 0.3 is 5.97 Å². The summed E-state index contributed by atoms with van der Waals surface area (Å²) in [5.41, 5.74) is 0. The van der Waals surface area contributed by atoms with Gasteiger partial charge in [0.2, 0.25) is 15.9 Å². The lowest BCUT2D eigenvalue weighted by Gasteiger charge is -2.32. The first-order valence-electron chi connectivity index (χ1n) is 7.33. The van der Waals surface area contributed by atoms with Crippen LogP contribution < -0.4 is 10.0 Å². The number of rotatable bonds is 8. The maximum Gasteiger partial charge on any atom is 0.305 e. The van der Waals surface area contributed by atoms with Gasteiger partial charge < -0.3 is 10.1 Å². The molecule has 0 saturated carbocycles. The molecule has 0 aromatic rings. The van der Waals surface area contributed by atoms with Crippen molar-refractivity contribution >= 4 is 21.9 Å². The van der Waals surface area contributed by atoms with E-state index >= 15 is 0 Å². The molecule has 1 heterocycles. The van der Waals surface area contributed by atoms with Crippen molar-refractivity contribution in [2.75, 3.05) is 39.5 Å². The van der Waals surface area contributed by atoms with Gasteiger partial charge in [0, 0.05) is 25.6 Å². The third kappa shape index (κ3) is 8.30. The zero-order valence-corrected chi connectivity index (χ0v) is 13.9. The van der Waals surface area contributed by atoms with Crippen molar-refractivity contribution in [1.29, 1.82) is 0 Å². The van der Waals surface area contributed by atoms with Gasteiger partial charge in [0.25, 0.3) is 0 Å². The number of sulfonamides is 1. The Labute approximate surface area is 131 Å². The van der Waals surface area contributed by atoms with E-state index in [1.165, 1.54) is 7.11 Å². The summed E-state index contributed by atoms with van der Waals surface area (Å²) in [5, 5.41) is 2.75. The number of methoxy groups -OCH3 is 1. The van der Waals surface area contributed by atoms with Gasteiger partial charge in [-0.3, -0.25) is 14.5 Å². The molecule has 0 radical (unpaired) electrons. The summed E-state index contributed by atoms with van der Waals surface area (Å²) in [4.78, 5) is 24.7. The molecule has 1 aliphatic rings. The van der Waals surface area contributed by atoms with Crippen molar-refractivity contribution in [2.24, 2.45) is 0 Å². The van der Waals surface area contributed by atoms with Crippen molar-refractivity contribution in [3.63, 3.8) is 0 Å². The number of piperidine rings is 1. The Bertz CT molecular complexity index is 480.